The van der Waals surface area contributed by atoms with Crippen molar-refractivity contribution in [2.75, 3.05) is 36.0 Å². The average Bonchev–Trinajstić information content (AvgIpc) is 3.45. The van der Waals surface area contributed by atoms with Gasteiger partial charge in [-0.1, -0.05) is 11.6 Å². The summed E-state index contributed by atoms with van der Waals surface area (Å²) in [5, 5.41) is 19.2. The van der Waals surface area contributed by atoms with Crippen LogP contribution in [-0.2, 0) is 13.1 Å². The molecule has 2 aromatic heterocycles. The molecule has 3 aliphatic heterocycles. The summed E-state index contributed by atoms with van der Waals surface area (Å²) in [7, 11) is 0. The Hall–Kier alpha value is -3.22. The van der Waals surface area contributed by atoms with Crippen LogP contribution in [0.4, 0.5) is 11.9 Å². The second kappa shape index (κ2) is 6.90. The van der Waals surface area contributed by atoms with Crippen molar-refractivity contribution in [2.24, 2.45) is 5.41 Å². The van der Waals surface area contributed by atoms with Gasteiger partial charge in [0.1, 0.15) is 11.8 Å². The van der Waals surface area contributed by atoms with Gasteiger partial charge in [0.05, 0.1) is 12.2 Å². The van der Waals surface area contributed by atoms with E-state index in [1.165, 1.54) is 18.4 Å². The summed E-state index contributed by atoms with van der Waals surface area (Å²) in [4.78, 5) is 15.7. The first kappa shape index (κ1) is 20.2. The lowest BCUT2D eigenvalue weighted by Gasteiger charge is -2.60. The Kier molecular flexibility index (Phi) is 4.10. The van der Waals surface area contributed by atoms with Gasteiger partial charge >= 0.3 is 0 Å². The maximum atomic E-state index is 9.11. The maximum absolute atomic E-state index is 9.11. The lowest BCUT2D eigenvalue weighted by molar-refractivity contribution is 0.152. The summed E-state index contributed by atoms with van der Waals surface area (Å²) in [5.74, 6) is 2.54. The number of anilines is 2. The Balaban J connectivity index is 1.14. The van der Waals surface area contributed by atoms with Crippen molar-refractivity contribution in [1.82, 2.24) is 29.6 Å². The van der Waals surface area contributed by atoms with Gasteiger partial charge in [0, 0.05) is 54.9 Å². The summed E-state index contributed by atoms with van der Waals surface area (Å²) in [6.07, 6.45) is 4.09. The zero-order valence-electron chi connectivity index (χ0n) is 18.9. The van der Waals surface area contributed by atoms with Gasteiger partial charge in [0.25, 0.3) is 0 Å². The molecule has 3 aromatic rings. The fourth-order valence-electron chi connectivity index (χ4n) is 5.64. The third kappa shape index (κ3) is 3.02. The molecule has 34 heavy (non-hydrogen) atoms. The normalized spacial score (nSPS) is 21.7. The molecule has 0 radical (unpaired) electrons. The van der Waals surface area contributed by atoms with E-state index in [2.05, 4.69) is 64.6 Å². The topological polar surface area (TPSA) is 90.0 Å². The van der Waals surface area contributed by atoms with E-state index in [1.807, 2.05) is 6.07 Å². The van der Waals surface area contributed by atoms with E-state index in [0.717, 1.165) is 61.8 Å². The Morgan fingerprint density at radius 2 is 1.82 bits per heavy atom. The number of hydrogen-bond donors (Lipinski definition) is 0. The minimum atomic E-state index is 0.208. The van der Waals surface area contributed by atoms with Crippen molar-refractivity contribution in [3.63, 3.8) is 0 Å². The molecule has 1 spiro atoms. The molecule has 7 rings (SSSR count). The van der Waals surface area contributed by atoms with Crippen LogP contribution in [0.15, 0.2) is 30.5 Å². The van der Waals surface area contributed by atoms with Crippen LogP contribution in [0.2, 0.25) is 5.02 Å². The van der Waals surface area contributed by atoms with E-state index in [0.29, 0.717) is 11.6 Å². The van der Waals surface area contributed by atoms with Crippen molar-refractivity contribution in [3.8, 4) is 11.8 Å². The fraction of sp³-hybridized carbons (Fsp3) is 0.458. The number of fused-ring (bicyclic) bond motifs is 3. The van der Waals surface area contributed by atoms with Gasteiger partial charge in [0.2, 0.25) is 11.9 Å². The summed E-state index contributed by atoms with van der Waals surface area (Å²) in [6, 6.07) is 9.88. The molecule has 10 heteroatoms. The fourth-order valence-corrected chi connectivity index (χ4v) is 5.84. The molecule has 0 bridgehead atoms. The van der Waals surface area contributed by atoms with E-state index in [1.54, 1.807) is 12.3 Å². The first-order chi connectivity index (χ1) is 16.5. The molecule has 1 aliphatic carbocycles. The number of nitrogens with zero attached hydrogens (tertiary/aromatic N) is 9. The van der Waals surface area contributed by atoms with Crippen molar-refractivity contribution in [2.45, 2.75) is 38.4 Å². The maximum Gasteiger partial charge on any atom is 0.231 e. The average molecular weight is 474 g/mol. The van der Waals surface area contributed by atoms with Crippen LogP contribution < -0.4 is 9.80 Å². The van der Waals surface area contributed by atoms with Gasteiger partial charge in [-0.3, -0.25) is 9.47 Å². The van der Waals surface area contributed by atoms with Crippen LogP contribution in [0.5, 0.6) is 0 Å². The second-order valence-corrected chi connectivity index (χ2v) is 10.9. The van der Waals surface area contributed by atoms with Crippen LogP contribution in [0.25, 0.3) is 5.69 Å². The number of nitriles is 1. The molecule has 2 saturated heterocycles. The number of hydrogen-bond acceptors (Lipinski definition) is 8. The predicted molar refractivity (Wildman–Crippen MR) is 127 cm³/mol. The predicted octanol–water partition coefficient (Wildman–Crippen LogP) is 2.78. The van der Waals surface area contributed by atoms with Crippen LogP contribution in [0, 0.1) is 16.7 Å². The lowest BCUT2D eigenvalue weighted by atomic mass is 9.73. The van der Waals surface area contributed by atoms with Crippen LogP contribution >= 0.6 is 11.6 Å². The van der Waals surface area contributed by atoms with E-state index >= 15 is 0 Å². The van der Waals surface area contributed by atoms with E-state index in [9.17, 15) is 0 Å². The first-order valence-electron chi connectivity index (χ1n) is 11.7. The molecular weight excluding hydrogens is 450 g/mol. The molecule has 4 aliphatic rings. The standard InChI is InChI=1S/C24H24ClN9/c1-23(5-6-23)33-10-16-8-17(25)2-3-19(16)34-20(11-33)29-30-22(34)32-14-24(15-32)12-31(13-24)21-27-7-4-18(9-26)28-21/h2-4,7-8H,5-6,10-15H2,1H3. The minimum Gasteiger partial charge on any atom is -0.339 e. The van der Waals surface area contributed by atoms with Crippen molar-refractivity contribution in [3.05, 3.63) is 52.6 Å². The zero-order valence-corrected chi connectivity index (χ0v) is 19.7. The zero-order chi connectivity index (χ0) is 23.1. The minimum absolute atomic E-state index is 0.208. The third-order valence-electron chi connectivity index (χ3n) is 7.85. The highest BCUT2D eigenvalue weighted by molar-refractivity contribution is 6.30. The number of aromatic nitrogens is 5. The van der Waals surface area contributed by atoms with Crippen molar-refractivity contribution in [1.29, 1.82) is 5.26 Å². The molecule has 0 amide bonds. The Morgan fingerprint density at radius 3 is 2.59 bits per heavy atom. The van der Waals surface area contributed by atoms with Gasteiger partial charge in [0.15, 0.2) is 5.82 Å². The van der Waals surface area contributed by atoms with Crippen LogP contribution in [0.1, 0.15) is 36.8 Å². The van der Waals surface area contributed by atoms with E-state index < -0.39 is 0 Å². The molecule has 5 heterocycles. The smallest absolute Gasteiger partial charge is 0.231 e. The van der Waals surface area contributed by atoms with Crippen molar-refractivity contribution >= 4 is 23.5 Å². The number of rotatable bonds is 3. The highest BCUT2D eigenvalue weighted by atomic mass is 35.5. The highest BCUT2D eigenvalue weighted by Crippen LogP contribution is 2.46. The summed E-state index contributed by atoms with van der Waals surface area (Å²) < 4.78 is 2.24. The summed E-state index contributed by atoms with van der Waals surface area (Å²) >= 11 is 6.39. The second-order valence-electron chi connectivity index (χ2n) is 10.4. The van der Waals surface area contributed by atoms with Crippen LogP contribution in [-0.4, -0.2) is 61.4 Å². The molecule has 0 atom stereocenters. The SMILES string of the molecule is CC1(N2Cc3cc(Cl)ccc3-n3c(nnc3N3CC4(CN(c5nccc(C#N)n5)C4)C3)C2)CC1. The monoisotopic (exact) mass is 473 g/mol. The van der Waals surface area contributed by atoms with E-state index in [4.69, 9.17) is 16.9 Å². The highest BCUT2D eigenvalue weighted by Gasteiger charge is 2.54. The Bertz CT molecular complexity index is 1340. The molecule has 1 aromatic carbocycles. The molecular formula is C24H24ClN9. The summed E-state index contributed by atoms with van der Waals surface area (Å²) in [5.41, 5.74) is 3.20. The quantitative estimate of drug-likeness (QED) is 0.573. The molecule has 3 fully saturated rings. The van der Waals surface area contributed by atoms with Gasteiger partial charge < -0.3 is 9.80 Å². The van der Waals surface area contributed by atoms with E-state index in [-0.39, 0.29) is 11.0 Å². The van der Waals surface area contributed by atoms with Gasteiger partial charge in [-0.25, -0.2) is 9.97 Å². The lowest BCUT2D eigenvalue weighted by Crippen LogP contribution is -2.73. The number of benzene rings is 1. The van der Waals surface area contributed by atoms with Gasteiger partial charge in [-0.2, -0.15) is 5.26 Å². The van der Waals surface area contributed by atoms with Crippen LogP contribution in [0.3, 0.4) is 0 Å². The first-order valence-corrected chi connectivity index (χ1v) is 12.0. The molecule has 9 nitrogen and oxygen atoms in total. The largest absolute Gasteiger partial charge is 0.339 e. The van der Waals surface area contributed by atoms with Gasteiger partial charge in [-0.15, -0.1) is 10.2 Å². The molecule has 0 N–H and O–H groups in total. The third-order valence-corrected chi connectivity index (χ3v) is 8.09. The molecule has 172 valence electrons. The molecule has 0 unspecified atom stereocenters. The van der Waals surface area contributed by atoms with Gasteiger partial charge in [-0.05, 0) is 49.6 Å². The molecule has 1 saturated carbocycles. The van der Waals surface area contributed by atoms with Crippen molar-refractivity contribution < 1.29 is 0 Å². The Labute approximate surface area is 202 Å². The Morgan fingerprint density at radius 1 is 1.03 bits per heavy atom. The number of halogens is 1. The summed E-state index contributed by atoms with van der Waals surface area (Å²) in [6.45, 7) is 7.61.